The number of esters is 1. The molecule has 2 heterocycles. The first-order valence-electron chi connectivity index (χ1n) is 8.77. The number of fused-ring (bicyclic) bond motifs is 3. The summed E-state index contributed by atoms with van der Waals surface area (Å²) < 4.78 is 7.04. The molecule has 1 aromatic heterocycles. The van der Waals surface area contributed by atoms with E-state index in [1.165, 1.54) is 0 Å². The molecule has 0 radical (unpaired) electrons. The van der Waals surface area contributed by atoms with Crippen LogP contribution in [0.1, 0.15) is 53.7 Å². The Balaban J connectivity index is 2.06. The van der Waals surface area contributed by atoms with Crippen LogP contribution in [0.5, 0.6) is 5.75 Å². The molecular weight excluding hydrogens is 318 g/mol. The first kappa shape index (κ1) is 15.8. The van der Waals surface area contributed by atoms with Gasteiger partial charge in [-0.05, 0) is 37.8 Å². The molecule has 4 rings (SSSR count). The molecule has 1 aliphatic heterocycles. The van der Waals surface area contributed by atoms with Crippen molar-refractivity contribution >= 4 is 11.8 Å². The highest BCUT2D eigenvalue weighted by Crippen LogP contribution is 2.34. The van der Waals surface area contributed by atoms with Crippen LogP contribution in [0.2, 0.25) is 0 Å². The van der Waals surface area contributed by atoms with E-state index >= 15 is 0 Å². The number of carbonyl (C=O) groups is 2. The molecule has 25 heavy (non-hydrogen) atoms. The van der Waals surface area contributed by atoms with Crippen LogP contribution in [-0.4, -0.2) is 16.3 Å². The molecule has 0 saturated heterocycles. The minimum Gasteiger partial charge on any atom is -0.425 e. The zero-order valence-electron chi connectivity index (χ0n) is 13.9. The quantitative estimate of drug-likeness (QED) is 0.593. The Hall–Kier alpha value is -2.69. The lowest BCUT2D eigenvalue weighted by molar-refractivity contribution is -0.133. The molecule has 0 fully saturated rings. The number of para-hydroxylation sites is 1. The third kappa shape index (κ3) is 2.69. The van der Waals surface area contributed by atoms with Gasteiger partial charge in [0.1, 0.15) is 12.0 Å². The summed E-state index contributed by atoms with van der Waals surface area (Å²) in [5, 5.41) is 0. The highest BCUT2D eigenvalue weighted by Gasteiger charge is 2.34. The number of benzene rings is 1. The molecule has 128 valence electrons. The fraction of sp³-hybridized carbons (Fsp3) is 0.350. The van der Waals surface area contributed by atoms with Crippen LogP contribution >= 0.6 is 0 Å². The van der Waals surface area contributed by atoms with E-state index in [0.29, 0.717) is 6.42 Å². The lowest BCUT2D eigenvalue weighted by Gasteiger charge is -2.25. The Morgan fingerprint density at radius 2 is 1.60 bits per heavy atom. The van der Waals surface area contributed by atoms with Crippen molar-refractivity contribution < 1.29 is 14.3 Å². The maximum Gasteiger partial charge on any atom is 0.319 e. The van der Waals surface area contributed by atoms with E-state index < -0.39 is 11.8 Å². The van der Waals surface area contributed by atoms with Gasteiger partial charge in [-0.1, -0.05) is 31.0 Å². The van der Waals surface area contributed by atoms with E-state index in [2.05, 4.69) is 0 Å². The largest absolute Gasteiger partial charge is 0.425 e. The van der Waals surface area contributed by atoms with Gasteiger partial charge in [-0.15, -0.1) is 0 Å². The monoisotopic (exact) mass is 337 g/mol. The molecule has 1 aliphatic carbocycles. The Bertz CT molecular complexity index is 912. The summed E-state index contributed by atoms with van der Waals surface area (Å²) in [5.74, 6) is -0.792. The molecule has 1 aromatic carbocycles. The van der Waals surface area contributed by atoms with Crippen molar-refractivity contribution in [3.8, 4) is 11.4 Å². The normalized spacial score (nSPS) is 17.1. The van der Waals surface area contributed by atoms with Crippen LogP contribution in [0.15, 0.2) is 35.1 Å². The number of ether oxygens (including phenoxy) is 1. The van der Waals surface area contributed by atoms with Gasteiger partial charge >= 0.3 is 5.97 Å². The predicted molar refractivity (Wildman–Crippen MR) is 92.5 cm³/mol. The van der Waals surface area contributed by atoms with Crippen LogP contribution in [-0.2, 0) is 17.6 Å². The summed E-state index contributed by atoms with van der Waals surface area (Å²) in [6.45, 7) is 0. The third-order valence-electron chi connectivity index (χ3n) is 4.94. The summed E-state index contributed by atoms with van der Waals surface area (Å²) in [5.41, 5.74) is 2.12. The Labute approximate surface area is 145 Å². The maximum absolute atomic E-state index is 13.2. The van der Waals surface area contributed by atoms with Crippen molar-refractivity contribution in [2.75, 3.05) is 0 Å². The minimum atomic E-state index is -0.571. The van der Waals surface area contributed by atoms with E-state index in [-0.39, 0.29) is 23.3 Å². The molecule has 0 saturated carbocycles. The number of hydrogen-bond donors (Lipinski definition) is 0. The van der Waals surface area contributed by atoms with Gasteiger partial charge in [-0.25, -0.2) is 0 Å². The van der Waals surface area contributed by atoms with E-state index in [0.717, 1.165) is 49.0 Å². The maximum atomic E-state index is 13.2. The fourth-order valence-corrected chi connectivity index (χ4v) is 3.79. The molecule has 0 N–H and O–H groups in total. The van der Waals surface area contributed by atoms with Gasteiger partial charge in [0.15, 0.2) is 11.5 Å². The zero-order valence-corrected chi connectivity index (χ0v) is 13.9. The number of hydrogen-bond acceptors (Lipinski definition) is 4. The van der Waals surface area contributed by atoms with Gasteiger partial charge in [0.05, 0.1) is 0 Å². The van der Waals surface area contributed by atoms with Crippen molar-refractivity contribution in [1.29, 1.82) is 0 Å². The van der Waals surface area contributed by atoms with Crippen molar-refractivity contribution in [2.45, 2.75) is 44.9 Å². The van der Waals surface area contributed by atoms with Crippen molar-refractivity contribution in [1.82, 2.24) is 4.57 Å². The lowest BCUT2D eigenvalue weighted by Crippen LogP contribution is -2.35. The molecule has 5 nitrogen and oxygen atoms in total. The Morgan fingerprint density at radius 1 is 0.880 bits per heavy atom. The number of carbonyl (C=O) groups excluding carboxylic acids is 2. The second-order valence-corrected chi connectivity index (χ2v) is 6.59. The summed E-state index contributed by atoms with van der Waals surface area (Å²) in [4.78, 5) is 37.4. The third-order valence-corrected chi connectivity index (χ3v) is 4.94. The van der Waals surface area contributed by atoms with Gasteiger partial charge in [0.2, 0.25) is 0 Å². The van der Waals surface area contributed by atoms with Crippen LogP contribution in [0.4, 0.5) is 0 Å². The molecule has 5 heteroatoms. The Morgan fingerprint density at radius 3 is 2.36 bits per heavy atom. The number of pyridine rings is 1. The molecule has 0 spiro atoms. The van der Waals surface area contributed by atoms with E-state index in [1.54, 1.807) is 4.57 Å². The molecular formula is C20H19NO4. The highest BCUT2D eigenvalue weighted by atomic mass is 16.5. The van der Waals surface area contributed by atoms with Crippen LogP contribution in [0, 0.1) is 0 Å². The number of aromatic nitrogens is 1. The van der Waals surface area contributed by atoms with Crippen molar-refractivity contribution in [3.63, 3.8) is 0 Å². The summed E-state index contributed by atoms with van der Waals surface area (Å²) in [6.07, 6.45) is 5.22. The van der Waals surface area contributed by atoms with Gasteiger partial charge in [0, 0.05) is 16.9 Å². The predicted octanol–water partition coefficient (Wildman–Crippen LogP) is 2.99. The molecule has 0 bridgehead atoms. The number of Topliss-reactive ketones (excluding diaryl/α,β-unsaturated/α-hetero) is 1. The minimum absolute atomic E-state index is 0.0303. The van der Waals surface area contributed by atoms with Crippen LogP contribution < -0.4 is 10.3 Å². The average molecular weight is 337 g/mol. The molecule has 2 aliphatic rings. The number of rotatable bonds is 1. The van der Waals surface area contributed by atoms with E-state index in [4.69, 9.17) is 4.74 Å². The molecule has 0 atom stereocenters. The molecule has 0 unspecified atom stereocenters. The smallest absolute Gasteiger partial charge is 0.319 e. The first-order valence-corrected chi connectivity index (χ1v) is 8.77. The molecule has 2 aromatic rings. The van der Waals surface area contributed by atoms with Gasteiger partial charge in [-0.2, -0.15) is 0 Å². The topological polar surface area (TPSA) is 65.4 Å². The first-order chi connectivity index (χ1) is 12.2. The van der Waals surface area contributed by atoms with E-state index in [9.17, 15) is 14.4 Å². The fourth-order valence-electron chi connectivity index (χ4n) is 3.79. The average Bonchev–Trinajstić information content (AvgIpc) is 2.56. The second-order valence-electron chi connectivity index (χ2n) is 6.59. The highest BCUT2D eigenvalue weighted by molar-refractivity contribution is 6.11. The summed E-state index contributed by atoms with van der Waals surface area (Å²) in [7, 11) is 0. The molecule has 0 amide bonds. The van der Waals surface area contributed by atoms with Gasteiger partial charge in [0.25, 0.3) is 5.56 Å². The summed E-state index contributed by atoms with van der Waals surface area (Å²) >= 11 is 0. The number of ketones is 1. The second kappa shape index (κ2) is 6.31. The number of nitrogens with zero attached hydrogens (tertiary/aromatic N) is 1. The van der Waals surface area contributed by atoms with Crippen LogP contribution in [0.3, 0.4) is 0 Å². The van der Waals surface area contributed by atoms with Crippen LogP contribution in [0.25, 0.3) is 5.69 Å². The van der Waals surface area contributed by atoms with Gasteiger partial charge in [-0.3, -0.25) is 19.0 Å². The van der Waals surface area contributed by atoms with Crippen molar-refractivity contribution in [3.05, 3.63) is 57.5 Å². The van der Waals surface area contributed by atoms with Gasteiger partial charge < -0.3 is 4.74 Å². The Kier molecular flexibility index (Phi) is 3.99. The SMILES string of the molecule is O=C1CC(=O)c2c(c3c(n(-c4ccccc4)c2=O)CCCCCC3)O1. The summed E-state index contributed by atoms with van der Waals surface area (Å²) in [6, 6.07) is 9.37. The van der Waals surface area contributed by atoms with Crippen molar-refractivity contribution in [2.24, 2.45) is 0 Å². The van der Waals surface area contributed by atoms with E-state index in [1.807, 2.05) is 30.3 Å². The standard InChI is InChI=1S/C20H19NO4/c22-16-12-17(23)25-19-14-10-6-1-2-7-11-15(14)21(20(24)18(16)19)13-8-4-3-5-9-13/h3-5,8-9H,1-2,6-7,10-12H2. The zero-order chi connectivity index (χ0) is 17.4. The lowest BCUT2D eigenvalue weighted by atomic mass is 9.92.